The molecule has 2 N–H and O–H groups in total. The third-order valence-electron chi connectivity index (χ3n) is 4.92. The molecule has 0 bridgehead atoms. The Bertz CT molecular complexity index is 715. The second kappa shape index (κ2) is 6.65. The molecule has 2 amide bonds. The maximum Gasteiger partial charge on any atom is 0.335 e. The van der Waals surface area contributed by atoms with Crippen molar-refractivity contribution in [1.29, 1.82) is 0 Å². The molecule has 134 valence electrons. The van der Waals surface area contributed by atoms with Crippen LogP contribution in [0.5, 0.6) is 0 Å². The summed E-state index contributed by atoms with van der Waals surface area (Å²) in [5, 5.41) is 19.5. The molecule has 2 saturated heterocycles. The van der Waals surface area contributed by atoms with Gasteiger partial charge in [-0.2, -0.15) is 0 Å². The summed E-state index contributed by atoms with van der Waals surface area (Å²) in [7, 11) is 0. The van der Waals surface area contributed by atoms with Crippen molar-refractivity contribution < 1.29 is 24.6 Å². The number of hydrogen-bond donors (Lipinski definition) is 2. The molecule has 7 nitrogen and oxygen atoms in total. The van der Waals surface area contributed by atoms with E-state index in [1.165, 1.54) is 9.80 Å². The molecule has 2 heterocycles. The number of para-hydroxylation sites is 1. The van der Waals surface area contributed by atoms with Crippen molar-refractivity contribution in [1.82, 2.24) is 4.90 Å². The minimum Gasteiger partial charge on any atom is -0.479 e. The first-order chi connectivity index (χ1) is 11.8. The van der Waals surface area contributed by atoms with Gasteiger partial charge in [0.15, 0.2) is 5.60 Å². The number of halogens is 1. The van der Waals surface area contributed by atoms with Gasteiger partial charge in [0.1, 0.15) is 0 Å². The molecule has 1 aromatic carbocycles. The summed E-state index contributed by atoms with van der Waals surface area (Å²) in [5.74, 6) is -2.10. The maximum absolute atomic E-state index is 12.7. The lowest BCUT2D eigenvalue weighted by molar-refractivity contribution is -0.165. The fourth-order valence-electron chi connectivity index (χ4n) is 3.35. The van der Waals surface area contributed by atoms with E-state index in [0.717, 1.165) is 0 Å². The average molecular weight is 367 g/mol. The highest BCUT2D eigenvalue weighted by molar-refractivity contribution is 6.33. The monoisotopic (exact) mass is 366 g/mol. The number of nitrogens with zero attached hydrogens (tertiary/aromatic N) is 2. The highest BCUT2D eigenvalue weighted by Crippen LogP contribution is 2.32. The van der Waals surface area contributed by atoms with Gasteiger partial charge in [0.2, 0.25) is 11.8 Å². The van der Waals surface area contributed by atoms with Crippen molar-refractivity contribution in [3.63, 3.8) is 0 Å². The molecule has 1 unspecified atom stereocenters. The van der Waals surface area contributed by atoms with Gasteiger partial charge in [-0.05, 0) is 12.1 Å². The number of aliphatic carboxylic acids is 1. The van der Waals surface area contributed by atoms with Crippen molar-refractivity contribution in [3.8, 4) is 0 Å². The third-order valence-corrected chi connectivity index (χ3v) is 5.24. The number of carbonyl (C=O) groups excluding carboxylic acids is 2. The van der Waals surface area contributed by atoms with Crippen LogP contribution in [-0.2, 0) is 14.4 Å². The predicted octanol–water partition coefficient (Wildman–Crippen LogP) is 1.13. The number of rotatable bonds is 3. The number of amides is 2. The van der Waals surface area contributed by atoms with Gasteiger partial charge in [-0.1, -0.05) is 23.7 Å². The minimum absolute atomic E-state index is 0.0109. The fraction of sp³-hybridized carbons (Fsp3) is 0.471. The Morgan fingerprint density at radius 3 is 2.44 bits per heavy atom. The largest absolute Gasteiger partial charge is 0.479 e. The number of anilines is 1. The van der Waals surface area contributed by atoms with Gasteiger partial charge in [0, 0.05) is 38.9 Å². The number of likely N-dealkylation sites (tertiary alicyclic amines) is 1. The molecular weight excluding hydrogens is 348 g/mol. The maximum atomic E-state index is 12.7. The Morgan fingerprint density at radius 1 is 1.20 bits per heavy atom. The molecule has 0 spiro atoms. The zero-order valence-electron chi connectivity index (χ0n) is 13.5. The van der Waals surface area contributed by atoms with Crippen molar-refractivity contribution >= 4 is 35.1 Å². The molecule has 0 radical (unpaired) electrons. The van der Waals surface area contributed by atoms with Crippen LogP contribution in [0.15, 0.2) is 24.3 Å². The minimum atomic E-state index is -1.77. The Hall–Kier alpha value is -2.12. The van der Waals surface area contributed by atoms with Crippen LogP contribution in [-0.4, -0.2) is 58.1 Å². The van der Waals surface area contributed by atoms with E-state index in [4.69, 9.17) is 16.7 Å². The van der Waals surface area contributed by atoms with Gasteiger partial charge >= 0.3 is 5.97 Å². The summed E-state index contributed by atoms with van der Waals surface area (Å²) in [6.45, 7) is 0.581. The van der Waals surface area contributed by atoms with Crippen LogP contribution in [0.3, 0.4) is 0 Å². The number of carboxylic acid groups (broad SMARTS) is 1. The third kappa shape index (κ3) is 3.34. The lowest BCUT2D eigenvalue weighted by atomic mass is 9.91. The molecule has 3 rings (SSSR count). The van der Waals surface area contributed by atoms with Crippen molar-refractivity contribution in [2.24, 2.45) is 5.92 Å². The standard InChI is InChI=1S/C17H19ClN2O5/c18-12-3-1-2-4-13(12)20-10-11(9-14(20)21)15(22)19-7-5-17(25,6-8-19)16(23)24/h1-4,11,25H,5-10H2,(H,23,24). The van der Waals surface area contributed by atoms with E-state index in [2.05, 4.69) is 0 Å². The fourth-order valence-corrected chi connectivity index (χ4v) is 3.58. The molecule has 0 saturated carbocycles. The Kier molecular flexibility index (Phi) is 4.71. The van der Waals surface area contributed by atoms with E-state index < -0.39 is 17.5 Å². The highest BCUT2D eigenvalue weighted by atomic mass is 35.5. The number of piperidine rings is 1. The second-order valence-corrected chi connectivity index (χ2v) is 6.93. The van der Waals surface area contributed by atoms with Gasteiger partial charge < -0.3 is 20.0 Å². The van der Waals surface area contributed by atoms with Gasteiger partial charge in [-0.15, -0.1) is 0 Å². The van der Waals surface area contributed by atoms with Crippen LogP contribution in [0, 0.1) is 5.92 Å². The first-order valence-electron chi connectivity index (χ1n) is 8.11. The summed E-state index contributed by atoms with van der Waals surface area (Å²) in [4.78, 5) is 39.1. The summed E-state index contributed by atoms with van der Waals surface area (Å²) >= 11 is 6.13. The summed E-state index contributed by atoms with van der Waals surface area (Å²) in [5.41, 5.74) is -1.19. The molecule has 1 aromatic rings. The number of benzene rings is 1. The normalized spacial score (nSPS) is 23.0. The van der Waals surface area contributed by atoms with Gasteiger partial charge in [-0.3, -0.25) is 9.59 Å². The van der Waals surface area contributed by atoms with E-state index in [9.17, 15) is 19.5 Å². The Balaban J connectivity index is 1.66. The number of aliphatic hydroxyl groups is 1. The van der Waals surface area contributed by atoms with E-state index in [0.29, 0.717) is 10.7 Å². The zero-order valence-corrected chi connectivity index (χ0v) is 14.3. The molecule has 2 aliphatic rings. The summed E-state index contributed by atoms with van der Waals surface area (Å²) in [6, 6.07) is 6.98. The molecule has 1 atom stereocenters. The molecular formula is C17H19ClN2O5. The molecule has 2 aliphatic heterocycles. The topological polar surface area (TPSA) is 98.2 Å². The first kappa shape index (κ1) is 17.7. The van der Waals surface area contributed by atoms with Crippen LogP contribution < -0.4 is 4.90 Å². The average Bonchev–Trinajstić information content (AvgIpc) is 2.97. The number of carboxylic acids is 1. The van der Waals surface area contributed by atoms with Gasteiger partial charge in [0.05, 0.1) is 16.6 Å². The smallest absolute Gasteiger partial charge is 0.335 e. The molecule has 25 heavy (non-hydrogen) atoms. The van der Waals surface area contributed by atoms with Gasteiger partial charge in [-0.25, -0.2) is 4.79 Å². The summed E-state index contributed by atoms with van der Waals surface area (Å²) < 4.78 is 0. The van der Waals surface area contributed by atoms with Crippen molar-refractivity contribution in [2.75, 3.05) is 24.5 Å². The number of hydrogen-bond acceptors (Lipinski definition) is 4. The predicted molar refractivity (Wildman–Crippen MR) is 90.3 cm³/mol. The van der Waals surface area contributed by atoms with Gasteiger partial charge in [0.25, 0.3) is 0 Å². The number of carbonyl (C=O) groups is 3. The second-order valence-electron chi connectivity index (χ2n) is 6.52. The van der Waals surface area contributed by atoms with E-state index in [1.807, 2.05) is 0 Å². The first-order valence-corrected chi connectivity index (χ1v) is 8.49. The van der Waals surface area contributed by atoms with E-state index in [-0.39, 0.29) is 50.7 Å². The Labute approximate surface area is 149 Å². The molecule has 0 aliphatic carbocycles. The molecule has 0 aromatic heterocycles. The van der Waals surface area contributed by atoms with Crippen LogP contribution in [0.1, 0.15) is 19.3 Å². The van der Waals surface area contributed by atoms with Crippen LogP contribution >= 0.6 is 11.6 Å². The molecule has 2 fully saturated rings. The van der Waals surface area contributed by atoms with Crippen LogP contribution in [0.2, 0.25) is 5.02 Å². The van der Waals surface area contributed by atoms with Crippen molar-refractivity contribution in [3.05, 3.63) is 29.3 Å². The highest BCUT2D eigenvalue weighted by Gasteiger charge is 2.43. The van der Waals surface area contributed by atoms with E-state index >= 15 is 0 Å². The van der Waals surface area contributed by atoms with E-state index in [1.54, 1.807) is 24.3 Å². The lowest BCUT2D eigenvalue weighted by Gasteiger charge is -2.36. The molecule has 8 heteroatoms. The van der Waals surface area contributed by atoms with Crippen LogP contribution in [0.4, 0.5) is 5.69 Å². The summed E-state index contributed by atoms with van der Waals surface area (Å²) in [6.07, 6.45) is 0.0791. The quantitative estimate of drug-likeness (QED) is 0.835. The Morgan fingerprint density at radius 2 is 1.84 bits per heavy atom. The zero-order chi connectivity index (χ0) is 18.2. The lowest BCUT2D eigenvalue weighted by Crippen LogP contribution is -2.52. The van der Waals surface area contributed by atoms with Crippen molar-refractivity contribution in [2.45, 2.75) is 24.9 Å². The van der Waals surface area contributed by atoms with Crippen LogP contribution in [0.25, 0.3) is 0 Å². The SMILES string of the molecule is O=C(C1CC(=O)N(c2ccccc2Cl)C1)N1CCC(O)(C(=O)O)CC1.